The van der Waals surface area contributed by atoms with Crippen molar-refractivity contribution in [3.05, 3.63) is 52.3 Å². The highest BCUT2D eigenvalue weighted by Crippen LogP contribution is 2.31. The molecule has 96 valence electrons. The van der Waals surface area contributed by atoms with Crippen molar-refractivity contribution in [3.63, 3.8) is 0 Å². The van der Waals surface area contributed by atoms with Crippen molar-refractivity contribution in [2.45, 2.75) is 6.54 Å². The highest BCUT2D eigenvalue weighted by molar-refractivity contribution is 5.87. The quantitative estimate of drug-likeness (QED) is 0.842. The summed E-state index contributed by atoms with van der Waals surface area (Å²) < 4.78 is 7.35. The Bertz CT molecular complexity index is 718. The van der Waals surface area contributed by atoms with E-state index in [2.05, 4.69) is 0 Å². The van der Waals surface area contributed by atoms with Crippen LogP contribution in [0.25, 0.3) is 11.3 Å². The van der Waals surface area contributed by atoms with Crippen LogP contribution in [0.15, 0.2) is 41.3 Å². The fraction of sp³-hybridized carbons (Fsp3) is 0.143. The first-order valence-corrected chi connectivity index (χ1v) is 5.87. The number of hydrogen-bond acceptors (Lipinski definition) is 3. The van der Waals surface area contributed by atoms with Gasteiger partial charge in [0, 0.05) is 17.8 Å². The number of hydrogen-bond donors (Lipinski definition) is 1. The van der Waals surface area contributed by atoms with E-state index in [1.807, 2.05) is 24.3 Å². The molecule has 5 nitrogen and oxygen atoms in total. The smallest absolute Gasteiger partial charge is 0.341 e. The topological polar surface area (TPSA) is 68.5 Å². The minimum absolute atomic E-state index is 0.219. The number of carbonyl (C=O) groups is 1. The molecule has 1 aromatic carbocycles. The lowest BCUT2D eigenvalue weighted by atomic mass is 10.1. The lowest BCUT2D eigenvalue weighted by Gasteiger charge is -2.10. The zero-order valence-corrected chi connectivity index (χ0v) is 10.00. The first-order valence-electron chi connectivity index (χ1n) is 5.87. The molecule has 0 saturated carbocycles. The van der Waals surface area contributed by atoms with E-state index in [9.17, 15) is 9.59 Å². The van der Waals surface area contributed by atoms with E-state index in [4.69, 9.17) is 9.84 Å². The van der Waals surface area contributed by atoms with E-state index < -0.39 is 11.4 Å². The largest absolute Gasteiger partial charge is 0.491 e. The van der Waals surface area contributed by atoms with Crippen molar-refractivity contribution >= 4 is 5.97 Å². The standard InChI is InChI=1S/C14H11NO4/c16-12-7-11-9-3-1-2-4-13(9)19-6-5-15(11)8-10(12)14(17)18/h1-4,7-8H,5-6H2,(H,17,18). The summed E-state index contributed by atoms with van der Waals surface area (Å²) in [6, 6.07) is 8.76. The van der Waals surface area contributed by atoms with Crippen LogP contribution in [0, 0.1) is 0 Å². The normalized spacial score (nSPS) is 12.8. The molecule has 1 aliphatic rings. The van der Waals surface area contributed by atoms with Crippen LogP contribution in [0.3, 0.4) is 0 Å². The van der Waals surface area contributed by atoms with Crippen LogP contribution in [-0.2, 0) is 6.54 Å². The number of carboxylic acid groups (broad SMARTS) is 1. The van der Waals surface area contributed by atoms with Crippen LogP contribution in [-0.4, -0.2) is 22.2 Å². The Hall–Kier alpha value is -2.56. The van der Waals surface area contributed by atoms with E-state index in [0.717, 1.165) is 5.56 Å². The van der Waals surface area contributed by atoms with Gasteiger partial charge in [-0.3, -0.25) is 4.79 Å². The Morgan fingerprint density at radius 2 is 2.11 bits per heavy atom. The van der Waals surface area contributed by atoms with Gasteiger partial charge in [-0.1, -0.05) is 12.1 Å². The molecule has 0 aliphatic carbocycles. The SMILES string of the molecule is O=C(O)c1cn2c(cc1=O)-c1ccccc1OCC2. The number of aromatic nitrogens is 1. The van der Waals surface area contributed by atoms with Crippen LogP contribution in [0.5, 0.6) is 5.75 Å². The van der Waals surface area contributed by atoms with Crippen molar-refractivity contribution < 1.29 is 14.6 Å². The number of benzene rings is 1. The van der Waals surface area contributed by atoms with Crippen molar-refractivity contribution in [2.24, 2.45) is 0 Å². The lowest BCUT2D eigenvalue weighted by molar-refractivity contribution is 0.0694. The van der Waals surface area contributed by atoms with Gasteiger partial charge in [0.25, 0.3) is 0 Å². The molecule has 2 aromatic rings. The Labute approximate surface area is 108 Å². The van der Waals surface area contributed by atoms with Crippen molar-refractivity contribution in [2.75, 3.05) is 6.61 Å². The van der Waals surface area contributed by atoms with Crippen LogP contribution >= 0.6 is 0 Å². The minimum Gasteiger partial charge on any atom is -0.491 e. The van der Waals surface area contributed by atoms with E-state index >= 15 is 0 Å². The number of fused-ring (bicyclic) bond motifs is 3. The fourth-order valence-electron chi connectivity index (χ4n) is 2.21. The van der Waals surface area contributed by atoms with Crippen molar-refractivity contribution in [1.29, 1.82) is 0 Å². The zero-order chi connectivity index (χ0) is 13.4. The molecular weight excluding hydrogens is 246 g/mol. The molecule has 0 spiro atoms. The third-order valence-corrected chi connectivity index (χ3v) is 3.11. The van der Waals surface area contributed by atoms with E-state index in [1.165, 1.54) is 12.3 Å². The summed E-state index contributed by atoms with van der Waals surface area (Å²) >= 11 is 0. The first kappa shape index (κ1) is 11.5. The van der Waals surface area contributed by atoms with Crippen molar-refractivity contribution in [3.8, 4) is 17.0 Å². The van der Waals surface area contributed by atoms with Gasteiger partial charge in [0.05, 0.1) is 12.2 Å². The van der Waals surface area contributed by atoms with Crippen LogP contribution in [0.1, 0.15) is 10.4 Å². The van der Waals surface area contributed by atoms with E-state index in [1.54, 1.807) is 4.57 Å². The number of carboxylic acids is 1. The van der Waals surface area contributed by atoms with Gasteiger partial charge in [0.15, 0.2) is 5.43 Å². The van der Waals surface area contributed by atoms with Crippen LogP contribution < -0.4 is 10.2 Å². The second kappa shape index (κ2) is 4.28. The van der Waals surface area contributed by atoms with Gasteiger partial charge in [-0.15, -0.1) is 0 Å². The zero-order valence-electron chi connectivity index (χ0n) is 10.00. The molecule has 2 heterocycles. The summed E-state index contributed by atoms with van der Waals surface area (Å²) in [5.74, 6) is -0.505. The summed E-state index contributed by atoms with van der Waals surface area (Å²) in [5, 5.41) is 8.99. The van der Waals surface area contributed by atoms with Crippen LogP contribution in [0.4, 0.5) is 0 Å². The third kappa shape index (κ3) is 1.89. The average Bonchev–Trinajstić information content (AvgIpc) is 2.57. The van der Waals surface area contributed by atoms with Gasteiger partial charge in [0.2, 0.25) is 0 Å². The number of aromatic carboxylic acids is 1. The Morgan fingerprint density at radius 3 is 2.89 bits per heavy atom. The van der Waals surface area contributed by atoms with Gasteiger partial charge in [-0.05, 0) is 12.1 Å². The molecule has 3 rings (SSSR count). The van der Waals surface area contributed by atoms with Gasteiger partial charge in [-0.25, -0.2) is 4.79 Å². The highest BCUT2D eigenvalue weighted by atomic mass is 16.5. The minimum atomic E-state index is -1.21. The fourth-order valence-corrected chi connectivity index (χ4v) is 2.21. The Morgan fingerprint density at radius 1 is 1.32 bits per heavy atom. The molecule has 0 bridgehead atoms. The van der Waals surface area contributed by atoms with Crippen LogP contribution in [0.2, 0.25) is 0 Å². The number of nitrogens with zero attached hydrogens (tertiary/aromatic N) is 1. The molecule has 0 radical (unpaired) electrons. The molecule has 0 amide bonds. The van der Waals surface area contributed by atoms with Gasteiger partial charge in [-0.2, -0.15) is 0 Å². The maximum absolute atomic E-state index is 11.8. The second-order valence-electron chi connectivity index (χ2n) is 4.28. The van der Waals surface area contributed by atoms with Crippen molar-refractivity contribution in [1.82, 2.24) is 4.57 Å². The predicted molar refractivity (Wildman–Crippen MR) is 68.6 cm³/mol. The number of para-hydroxylation sites is 1. The summed E-state index contributed by atoms with van der Waals surface area (Å²) in [4.78, 5) is 22.8. The number of rotatable bonds is 1. The summed E-state index contributed by atoms with van der Waals surface area (Å²) in [5.41, 5.74) is 0.774. The van der Waals surface area contributed by atoms with Gasteiger partial charge in [0.1, 0.15) is 17.9 Å². The molecule has 5 heteroatoms. The molecule has 1 N–H and O–H groups in total. The molecule has 19 heavy (non-hydrogen) atoms. The molecule has 0 saturated heterocycles. The number of ether oxygens (including phenoxy) is 1. The van der Waals surface area contributed by atoms with E-state index in [-0.39, 0.29) is 5.56 Å². The second-order valence-corrected chi connectivity index (χ2v) is 4.28. The monoisotopic (exact) mass is 257 g/mol. The average molecular weight is 257 g/mol. The molecule has 0 fully saturated rings. The van der Waals surface area contributed by atoms with E-state index in [0.29, 0.717) is 24.6 Å². The molecule has 0 atom stereocenters. The summed E-state index contributed by atoms with van der Waals surface area (Å²) in [7, 11) is 0. The lowest BCUT2D eigenvalue weighted by Crippen LogP contribution is -2.19. The Kier molecular flexibility index (Phi) is 2.59. The molecule has 1 aromatic heterocycles. The molecular formula is C14H11NO4. The molecule has 1 aliphatic heterocycles. The summed E-state index contributed by atoms with van der Waals surface area (Å²) in [6.07, 6.45) is 1.38. The first-order chi connectivity index (χ1) is 9.16. The highest BCUT2D eigenvalue weighted by Gasteiger charge is 2.18. The van der Waals surface area contributed by atoms with Gasteiger partial charge >= 0.3 is 5.97 Å². The number of pyridine rings is 1. The Balaban J connectivity index is 2.28. The predicted octanol–water partition coefficient (Wildman–Crippen LogP) is 1.61. The maximum Gasteiger partial charge on any atom is 0.341 e. The molecule has 0 unspecified atom stereocenters. The third-order valence-electron chi connectivity index (χ3n) is 3.11. The van der Waals surface area contributed by atoms with Gasteiger partial charge < -0.3 is 14.4 Å². The maximum atomic E-state index is 11.8. The summed E-state index contributed by atoms with van der Waals surface area (Å²) in [6.45, 7) is 0.941.